The highest BCUT2D eigenvalue weighted by Gasteiger charge is 2.17. The molecule has 0 spiro atoms. The Morgan fingerprint density at radius 3 is 3.40 bits per heavy atom. The van der Waals surface area contributed by atoms with Crippen molar-refractivity contribution in [3.8, 4) is 0 Å². The summed E-state index contributed by atoms with van der Waals surface area (Å²) in [6.07, 6.45) is 5.03. The number of hydrogen-bond acceptors (Lipinski definition) is 2. The molecule has 0 saturated carbocycles. The summed E-state index contributed by atoms with van der Waals surface area (Å²) in [4.78, 5) is 5.50. The van der Waals surface area contributed by atoms with Gasteiger partial charge in [-0.2, -0.15) is 0 Å². The van der Waals surface area contributed by atoms with E-state index in [1.54, 1.807) is 0 Å². The fourth-order valence-corrected chi connectivity index (χ4v) is 2.37. The standard InChI is InChI=1S/C8H9NS/c1-6-4-7-5-9-3-2-8(7)10-6/h2-3,5-6H,4H2,1H3. The summed E-state index contributed by atoms with van der Waals surface area (Å²) in [5.41, 5.74) is 1.42. The molecule has 1 atom stereocenters. The Morgan fingerprint density at radius 2 is 2.60 bits per heavy atom. The molecule has 0 bridgehead atoms. The van der Waals surface area contributed by atoms with Crippen molar-refractivity contribution in [2.24, 2.45) is 0 Å². The molecule has 1 aliphatic heterocycles. The number of nitrogens with zero attached hydrogens (tertiary/aromatic N) is 1. The zero-order valence-electron chi connectivity index (χ0n) is 5.87. The van der Waals surface area contributed by atoms with E-state index in [4.69, 9.17) is 0 Å². The van der Waals surface area contributed by atoms with E-state index >= 15 is 0 Å². The first kappa shape index (κ1) is 6.23. The van der Waals surface area contributed by atoms with Gasteiger partial charge >= 0.3 is 0 Å². The molecule has 1 aromatic heterocycles. The lowest BCUT2D eigenvalue weighted by atomic mass is 10.2. The fraction of sp³-hybridized carbons (Fsp3) is 0.375. The van der Waals surface area contributed by atoms with Crippen molar-refractivity contribution in [1.29, 1.82) is 0 Å². The first-order valence-corrected chi connectivity index (χ1v) is 4.34. The van der Waals surface area contributed by atoms with Crippen LogP contribution < -0.4 is 0 Å². The fourth-order valence-electron chi connectivity index (χ4n) is 1.25. The Labute approximate surface area is 64.9 Å². The van der Waals surface area contributed by atoms with Crippen molar-refractivity contribution in [3.05, 3.63) is 24.0 Å². The largest absolute Gasteiger partial charge is 0.264 e. The van der Waals surface area contributed by atoms with Gasteiger partial charge in [0.15, 0.2) is 0 Å². The molecule has 1 aliphatic rings. The van der Waals surface area contributed by atoms with Gasteiger partial charge in [-0.05, 0) is 18.1 Å². The second-order valence-electron chi connectivity index (χ2n) is 2.62. The summed E-state index contributed by atoms with van der Waals surface area (Å²) < 4.78 is 0. The molecule has 0 N–H and O–H groups in total. The number of fused-ring (bicyclic) bond motifs is 1. The van der Waals surface area contributed by atoms with Gasteiger partial charge in [0.1, 0.15) is 0 Å². The zero-order valence-corrected chi connectivity index (χ0v) is 6.69. The van der Waals surface area contributed by atoms with Gasteiger partial charge in [0, 0.05) is 22.5 Å². The summed E-state index contributed by atoms with van der Waals surface area (Å²) in [5, 5.41) is 0.749. The number of pyridine rings is 1. The minimum absolute atomic E-state index is 0.749. The minimum Gasteiger partial charge on any atom is -0.264 e. The molecule has 0 amide bonds. The van der Waals surface area contributed by atoms with Crippen LogP contribution in [0.2, 0.25) is 0 Å². The number of rotatable bonds is 0. The Bertz CT molecular complexity index is 222. The maximum absolute atomic E-state index is 4.08. The Morgan fingerprint density at radius 1 is 1.70 bits per heavy atom. The second-order valence-corrected chi connectivity index (χ2v) is 4.10. The van der Waals surface area contributed by atoms with Crippen molar-refractivity contribution in [3.63, 3.8) is 0 Å². The minimum atomic E-state index is 0.749. The van der Waals surface area contributed by atoms with Crippen LogP contribution in [0.25, 0.3) is 0 Å². The maximum Gasteiger partial charge on any atom is 0.0311 e. The van der Waals surface area contributed by atoms with E-state index in [0.29, 0.717) is 0 Å². The summed E-state index contributed by atoms with van der Waals surface area (Å²) in [5.74, 6) is 0. The molecule has 0 saturated heterocycles. The maximum atomic E-state index is 4.08. The van der Waals surface area contributed by atoms with Crippen LogP contribution in [0, 0.1) is 0 Å². The first-order valence-electron chi connectivity index (χ1n) is 3.46. The zero-order chi connectivity index (χ0) is 6.97. The average Bonchev–Trinajstić information content (AvgIpc) is 2.27. The van der Waals surface area contributed by atoms with E-state index in [1.165, 1.54) is 16.9 Å². The smallest absolute Gasteiger partial charge is 0.0311 e. The van der Waals surface area contributed by atoms with Crippen LogP contribution in [0.5, 0.6) is 0 Å². The molecule has 1 unspecified atom stereocenters. The topological polar surface area (TPSA) is 12.9 Å². The van der Waals surface area contributed by atoms with Crippen molar-refractivity contribution < 1.29 is 0 Å². The second kappa shape index (κ2) is 2.27. The van der Waals surface area contributed by atoms with Gasteiger partial charge in [0.2, 0.25) is 0 Å². The third kappa shape index (κ3) is 0.926. The Kier molecular flexibility index (Phi) is 1.42. The van der Waals surface area contributed by atoms with Crippen molar-refractivity contribution in [1.82, 2.24) is 4.98 Å². The van der Waals surface area contributed by atoms with Gasteiger partial charge in [0.25, 0.3) is 0 Å². The van der Waals surface area contributed by atoms with Crippen LogP contribution in [0.15, 0.2) is 23.4 Å². The van der Waals surface area contributed by atoms with Crippen molar-refractivity contribution in [2.45, 2.75) is 23.5 Å². The van der Waals surface area contributed by atoms with E-state index in [0.717, 1.165) is 5.25 Å². The summed E-state index contributed by atoms with van der Waals surface area (Å²) in [6.45, 7) is 2.25. The number of aromatic nitrogens is 1. The van der Waals surface area contributed by atoms with E-state index < -0.39 is 0 Å². The quantitative estimate of drug-likeness (QED) is 0.563. The predicted molar refractivity (Wildman–Crippen MR) is 43.3 cm³/mol. The van der Waals surface area contributed by atoms with Gasteiger partial charge in [-0.1, -0.05) is 6.92 Å². The van der Waals surface area contributed by atoms with Crippen LogP contribution in [0.4, 0.5) is 0 Å². The lowest BCUT2D eigenvalue weighted by Crippen LogP contribution is -1.90. The summed E-state index contributed by atoms with van der Waals surface area (Å²) in [7, 11) is 0. The van der Waals surface area contributed by atoms with Crippen molar-refractivity contribution in [2.75, 3.05) is 0 Å². The molecule has 1 aromatic rings. The first-order chi connectivity index (χ1) is 4.86. The molecule has 0 fully saturated rings. The molecular formula is C8H9NS. The lowest BCUT2D eigenvalue weighted by Gasteiger charge is -1.93. The summed E-state index contributed by atoms with van der Waals surface area (Å²) in [6, 6.07) is 2.10. The Balaban J connectivity index is 2.42. The third-order valence-corrected chi connectivity index (χ3v) is 2.92. The van der Waals surface area contributed by atoms with Gasteiger partial charge in [-0.3, -0.25) is 4.98 Å². The molecule has 2 rings (SSSR count). The van der Waals surface area contributed by atoms with E-state index in [9.17, 15) is 0 Å². The van der Waals surface area contributed by atoms with Gasteiger partial charge < -0.3 is 0 Å². The van der Waals surface area contributed by atoms with Crippen LogP contribution in [-0.4, -0.2) is 10.2 Å². The van der Waals surface area contributed by atoms with Gasteiger partial charge in [-0.25, -0.2) is 0 Å². The number of hydrogen-bond donors (Lipinski definition) is 0. The number of thioether (sulfide) groups is 1. The molecular weight excluding hydrogens is 142 g/mol. The highest BCUT2D eigenvalue weighted by Crippen LogP contribution is 2.35. The van der Waals surface area contributed by atoms with E-state index in [1.807, 2.05) is 24.2 Å². The van der Waals surface area contributed by atoms with Crippen LogP contribution in [-0.2, 0) is 6.42 Å². The molecule has 52 valence electrons. The molecule has 0 radical (unpaired) electrons. The highest BCUT2D eigenvalue weighted by atomic mass is 32.2. The van der Waals surface area contributed by atoms with E-state index in [-0.39, 0.29) is 0 Å². The van der Waals surface area contributed by atoms with Crippen molar-refractivity contribution >= 4 is 11.8 Å². The van der Waals surface area contributed by atoms with E-state index in [2.05, 4.69) is 18.0 Å². The monoisotopic (exact) mass is 151 g/mol. The molecule has 0 aromatic carbocycles. The van der Waals surface area contributed by atoms with Gasteiger partial charge in [0.05, 0.1) is 0 Å². The normalized spacial score (nSPS) is 22.7. The molecule has 2 heterocycles. The molecule has 2 heteroatoms. The molecule has 1 nitrogen and oxygen atoms in total. The highest BCUT2D eigenvalue weighted by molar-refractivity contribution is 8.00. The predicted octanol–water partition coefficient (Wildman–Crippen LogP) is 2.12. The Hall–Kier alpha value is -0.500. The van der Waals surface area contributed by atoms with Crippen LogP contribution in [0.3, 0.4) is 0 Å². The summed E-state index contributed by atoms with van der Waals surface area (Å²) >= 11 is 1.95. The molecule has 0 aliphatic carbocycles. The van der Waals surface area contributed by atoms with Crippen LogP contribution >= 0.6 is 11.8 Å². The van der Waals surface area contributed by atoms with Gasteiger partial charge in [-0.15, -0.1) is 11.8 Å². The lowest BCUT2D eigenvalue weighted by molar-refractivity contribution is 0.949. The SMILES string of the molecule is CC1Cc2cnccc2S1. The molecule has 10 heavy (non-hydrogen) atoms. The third-order valence-electron chi connectivity index (χ3n) is 1.69. The van der Waals surface area contributed by atoms with Crippen LogP contribution in [0.1, 0.15) is 12.5 Å². The average molecular weight is 151 g/mol.